The number of unbranched alkanes of at least 4 members (excludes halogenated alkanes) is 1. The van der Waals surface area contributed by atoms with Gasteiger partial charge in [-0.2, -0.15) is 0 Å². The summed E-state index contributed by atoms with van der Waals surface area (Å²) in [6.45, 7) is 2.37. The van der Waals surface area contributed by atoms with Crippen molar-refractivity contribution in [2.24, 2.45) is 0 Å². The number of aromatic nitrogens is 1. The van der Waals surface area contributed by atoms with Gasteiger partial charge in [-0.25, -0.2) is 0 Å². The Morgan fingerprint density at radius 3 is 3.00 bits per heavy atom. The van der Waals surface area contributed by atoms with Gasteiger partial charge in [0.25, 0.3) is 5.91 Å². The van der Waals surface area contributed by atoms with Crippen LogP contribution in [0.3, 0.4) is 0 Å². The lowest BCUT2D eigenvalue weighted by Crippen LogP contribution is -2.24. The quantitative estimate of drug-likeness (QED) is 0.603. The molecule has 0 radical (unpaired) electrons. The van der Waals surface area contributed by atoms with Gasteiger partial charge in [-0.05, 0) is 19.8 Å². The van der Waals surface area contributed by atoms with Gasteiger partial charge in [0.15, 0.2) is 5.69 Å². The molecule has 0 bridgehead atoms. The van der Waals surface area contributed by atoms with Gasteiger partial charge < -0.3 is 9.84 Å². The van der Waals surface area contributed by atoms with Crippen LogP contribution in [0, 0.1) is 6.92 Å². The second kappa shape index (κ2) is 5.65. The zero-order valence-corrected chi connectivity index (χ0v) is 8.80. The third-order valence-corrected chi connectivity index (χ3v) is 1.97. The molecule has 0 atom stereocenters. The number of nitrogens with one attached hydrogen (secondary N) is 1. The fourth-order valence-electron chi connectivity index (χ4n) is 0.985. The van der Waals surface area contributed by atoms with Crippen molar-refractivity contribution in [3.05, 3.63) is 17.5 Å². The zero-order valence-electron chi connectivity index (χ0n) is 8.05. The summed E-state index contributed by atoms with van der Waals surface area (Å²) >= 11 is 5.50. The zero-order chi connectivity index (χ0) is 10.4. The third-order valence-electron chi connectivity index (χ3n) is 1.71. The summed E-state index contributed by atoms with van der Waals surface area (Å²) in [5, 5.41) is 6.33. The molecule has 1 heterocycles. The maximum Gasteiger partial charge on any atom is 0.273 e. The normalized spacial score (nSPS) is 10.1. The molecule has 1 amide bonds. The first-order valence-electron chi connectivity index (χ1n) is 4.51. The highest BCUT2D eigenvalue weighted by atomic mass is 35.5. The molecule has 0 spiro atoms. The highest BCUT2D eigenvalue weighted by Gasteiger charge is 2.09. The molecule has 5 heteroatoms. The second-order valence-electron chi connectivity index (χ2n) is 2.97. The van der Waals surface area contributed by atoms with Crippen LogP contribution in [-0.2, 0) is 0 Å². The van der Waals surface area contributed by atoms with Crippen molar-refractivity contribution in [1.29, 1.82) is 0 Å². The van der Waals surface area contributed by atoms with E-state index in [2.05, 4.69) is 10.5 Å². The first-order chi connectivity index (χ1) is 6.74. The molecular weight excluding hydrogens is 204 g/mol. The predicted octanol–water partition coefficient (Wildman–Crippen LogP) is 1.73. The third kappa shape index (κ3) is 3.38. The Morgan fingerprint density at radius 2 is 2.43 bits per heavy atom. The van der Waals surface area contributed by atoms with Crippen molar-refractivity contribution in [3.8, 4) is 0 Å². The number of rotatable bonds is 5. The topological polar surface area (TPSA) is 55.1 Å². The van der Waals surface area contributed by atoms with E-state index in [0.29, 0.717) is 23.9 Å². The van der Waals surface area contributed by atoms with Crippen molar-refractivity contribution in [3.63, 3.8) is 0 Å². The van der Waals surface area contributed by atoms with Gasteiger partial charge in [0.1, 0.15) is 5.76 Å². The Morgan fingerprint density at radius 1 is 1.64 bits per heavy atom. The second-order valence-corrected chi connectivity index (χ2v) is 3.35. The Balaban J connectivity index is 2.29. The predicted molar refractivity (Wildman–Crippen MR) is 53.5 cm³/mol. The van der Waals surface area contributed by atoms with Crippen LogP contribution < -0.4 is 5.32 Å². The summed E-state index contributed by atoms with van der Waals surface area (Å²) in [6, 6.07) is 1.61. The van der Waals surface area contributed by atoms with Crippen LogP contribution in [0.1, 0.15) is 29.1 Å². The molecule has 0 unspecified atom stereocenters. The fourth-order valence-corrected chi connectivity index (χ4v) is 1.17. The molecular formula is C9H13ClN2O2. The molecule has 1 aromatic rings. The average Bonchev–Trinajstić information content (AvgIpc) is 2.59. The van der Waals surface area contributed by atoms with Crippen molar-refractivity contribution < 1.29 is 9.32 Å². The molecule has 1 rings (SSSR count). The van der Waals surface area contributed by atoms with Gasteiger partial charge >= 0.3 is 0 Å². The van der Waals surface area contributed by atoms with Crippen molar-refractivity contribution in [2.45, 2.75) is 19.8 Å². The highest BCUT2D eigenvalue weighted by molar-refractivity contribution is 6.17. The lowest BCUT2D eigenvalue weighted by atomic mass is 10.3. The van der Waals surface area contributed by atoms with E-state index in [1.807, 2.05) is 0 Å². The standard InChI is InChI=1S/C9H13ClN2O2/c1-7-6-8(12-14-7)9(13)11-5-3-2-4-10/h6H,2-5H2,1H3,(H,11,13). The summed E-state index contributed by atoms with van der Waals surface area (Å²) in [4.78, 5) is 11.4. The number of alkyl halides is 1. The molecule has 1 N–H and O–H groups in total. The minimum Gasteiger partial charge on any atom is -0.361 e. The molecule has 1 aromatic heterocycles. The highest BCUT2D eigenvalue weighted by Crippen LogP contribution is 2.01. The average molecular weight is 217 g/mol. The molecule has 0 fully saturated rings. The van der Waals surface area contributed by atoms with Gasteiger partial charge in [0.05, 0.1) is 0 Å². The van der Waals surface area contributed by atoms with E-state index in [1.165, 1.54) is 0 Å². The number of amides is 1. The molecule has 4 nitrogen and oxygen atoms in total. The van der Waals surface area contributed by atoms with Crippen LogP contribution in [0.2, 0.25) is 0 Å². The van der Waals surface area contributed by atoms with Crippen LogP contribution in [0.25, 0.3) is 0 Å². The van der Waals surface area contributed by atoms with Crippen LogP contribution in [-0.4, -0.2) is 23.5 Å². The molecule has 0 aromatic carbocycles. The van der Waals surface area contributed by atoms with Gasteiger partial charge in [0.2, 0.25) is 0 Å². The van der Waals surface area contributed by atoms with Crippen molar-refractivity contribution in [2.75, 3.05) is 12.4 Å². The number of aryl methyl sites for hydroxylation is 1. The molecule has 0 aliphatic rings. The van der Waals surface area contributed by atoms with E-state index in [9.17, 15) is 4.79 Å². The summed E-state index contributed by atoms with van der Waals surface area (Å²) < 4.78 is 4.78. The SMILES string of the molecule is Cc1cc(C(=O)NCCCCCl)no1. The maximum atomic E-state index is 11.4. The number of nitrogens with zero attached hydrogens (tertiary/aromatic N) is 1. The molecule has 0 saturated carbocycles. The Hall–Kier alpha value is -1.03. The largest absolute Gasteiger partial charge is 0.361 e. The first-order valence-corrected chi connectivity index (χ1v) is 5.05. The van der Waals surface area contributed by atoms with E-state index in [1.54, 1.807) is 13.0 Å². The van der Waals surface area contributed by atoms with E-state index in [-0.39, 0.29) is 5.91 Å². The van der Waals surface area contributed by atoms with Crippen LogP contribution in [0.4, 0.5) is 0 Å². The molecule has 0 saturated heterocycles. The number of hydrogen-bond donors (Lipinski definition) is 1. The van der Waals surface area contributed by atoms with Gasteiger partial charge in [-0.1, -0.05) is 5.16 Å². The summed E-state index contributed by atoms with van der Waals surface area (Å²) in [5.41, 5.74) is 0.327. The molecule has 78 valence electrons. The van der Waals surface area contributed by atoms with Crippen LogP contribution in [0.5, 0.6) is 0 Å². The lowest BCUT2D eigenvalue weighted by Gasteiger charge is -2.00. The summed E-state index contributed by atoms with van der Waals surface area (Å²) in [7, 11) is 0. The number of halogens is 1. The number of carbonyl (C=O) groups excluding carboxylic acids is 1. The van der Waals surface area contributed by atoms with Gasteiger partial charge in [-0.3, -0.25) is 4.79 Å². The van der Waals surface area contributed by atoms with Crippen LogP contribution >= 0.6 is 11.6 Å². The maximum absolute atomic E-state index is 11.4. The van der Waals surface area contributed by atoms with Crippen molar-refractivity contribution >= 4 is 17.5 Å². The van der Waals surface area contributed by atoms with E-state index < -0.39 is 0 Å². The monoisotopic (exact) mass is 216 g/mol. The summed E-state index contributed by atoms with van der Waals surface area (Å²) in [6.07, 6.45) is 1.78. The Labute approximate surface area is 87.6 Å². The minimum atomic E-state index is -0.198. The number of carbonyl (C=O) groups is 1. The van der Waals surface area contributed by atoms with E-state index in [0.717, 1.165) is 12.8 Å². The Kier molecular flexibility index (Phi) is 4.46. The number of hydrogen-bond acceptors (Lipinski definition) is 3. The molecule has 0 aliphatic heterocycles. The van der Waals surface area contributed by atoms with Crippen molar-refractivity contribution in [1.82, 2.24) is 10.5 Å². The van der Waals surface area contributed by atoms with Gasteiger partial charge in [-0.15, -0.1) is 11.6 Å². The lowest BCUT2D eigenvalue weighted by molar-refractivity contribution is 0.0944. The van der Waals surface area contributed by atoms with Gasteiger partial charge in [0, 0.05) is 18.5 Å². The Bertz CT molecular complexity index is 299. The summed E-state index contributed by atoms with van der Waals surface area (Å²) in [5.74, 6) is 1.06. The molecule has 14 heavy (non-hydrogen) atoms. The fraction of sp³-hybridized carbons (Fsp3) is 0.556. The van der Waals surface area contributed by atoms with E-state index in [4.69, 9.17) is 16.1 Å². The molecule has 0 aliphatic carbocycles. The smallest absolute Gasteiger partial charge is 0.273 e. The first kappa shape index (κ1) is 11.0. The van der Waals surface area contributed by atoms with E-state index >= 15 is 0 Å². The minimum absolute atomic E-state index is 0.198. The van der Waals surface area contributed by atoms with Crippen LogP contribution in [0.15, 0.2) is 10.6 Å².